The number of rotatable bonds is 6. The van der Waals surface area contributed by atoms with E-state index in [1.807, 2.05) is 0 Å². The van der Waals surface area contributed by atoms with Gasteiger partial charge in [-0.3, -0.25) is 15.4 Å². The minimum Gasteiger partial charge on any atom is -0.395 e. The SMILES string of the molecule is Cc1ccc(F)c(-c2cc(NC3=CC=N/C(=C/NCCO)C3=N)ccn2)n1. The van der Waals surface area contributed by atoms with Crippen LogP contribution in [0.4, 0.5) is 10.1 Å². The molecule has 1 aliphatic rings. The Labute approximate surface area is 155 Å². The van der Waals surface area contributed by atoms with E-state index in [0.717, 1.165) is 0 Å². The summed E-state index contributed by atoms with van der Waals surface area (Å²) < 4.78 is 14.1. The van der Waals surface area contributed by atoms with Crippen molar-refractivity contribution in [3.63, 3.8) is 0 Å². The predicted molar refractivity (Wildman–Crippen MR) is 103 cm³/mol. The Morgan fingerprint density at radius 3 is 2.96 bits per heavy atom. The second kappa shape index (κ2) is 8.33. The Morgan fingerprint density at radius 1 is 1.30 bits per heavy atom. The highest BCUT2D eigenvalue weighted by molar-refractivity contribution is 6.16. The maximum absolute atomic E-state index is 14.1. The number of aliphatic imine (C=N–C) groups is 1. The zero-order valence-electron chi connectivity index (χ0n) is 14.7. The van der Waals surface area contributed by atoms with E-state index in [9.17, 15) is 4.39 Å². The molecule has 138 valence electrons. The molecule has 7 nitrogen and oxygen atoms in total. The lowest BCUT2D eigenvalue weighted by Gasteiger charge is -2.16. The average molecular weight is 366 g/mol. The Bertz CT molecular complexity index is 951. The number of hydrogen-bond donors (Lipinski definition) is 4. The zero-order chi connectivity index (χ0) is 19.2. The maximum atomic E-state index is 14.1. The second-order valence-corrected chi connectivity index (χ2v) is 5.78. The van der Waals surface area contributed by atoms with Gasteiger partial charge in [0.15, 0.2) is 5.82 Å². The topological polar surface area (TPSA) is 106 Å². The van der Waals surface area contributed by atoms with Gasteiger partial charge in [0.2, 0.25) is 0 Å². The van der Waals surface area contributed by atoms with Gasteiger partial charge in [0.25, 0.3) is 0 Å². The van der Waals surface area contributed by atoms with Gasteiger partial charge in [-0.15, -0.1) is 0 Å². The number of aromatic nitrogens is 2. The van der Waals surface area contributed by atoms with Gasteiger partial charge in [-0.2, -0.15) is 0 Å². The number of allylic oxidation sites excluding steroid dienone is 1. The lowest BCUT2D eigenvalue weighted by molar-refractivity contribution is 0.298. The van der Waals surface area contributed by atoms with Gasteiger partial charge < -0.3 is 15.7 Å². The molecule has 0 amide bonds. The first-order valence-corrected chi connectivity index (χ1v) is 8.33. The number of aliphatic hydroxyl groups is 1. The predicted octanol–water partition coefficient (Wildman–Crippen LogP) is 2.41. The third-order valence-electron chi connectivity index (χ3n) is 3.74. The zero-order valence-corrected chi connectivity index (χ0v) is 14.7. The molecule has 0 unspecified atom stereocenters. The fraction of sp³-hybridized carbons (Fsp3) is 0.158. The van der Waals surface area contributed by atoms with Crippen LogP contribution in [0.25, 0.3) is 11.4 Å². The molecule has 0 bridgehead atoms. The molecule has 0 aliphatic carbocycles. The molecular formula is C19H19FN6O. The van der Waals surface area contributed by atoms with E-state index in [1.165, 1.54) is 6.07 Å². The second-order valence-electron chi connectivity index (χ2n) is 5.78. The van der Waals surface area contributed by atoms with E-state index in [4.69, 9.17) is 10.5 Å². The smallest absolute Gasteiger partial charge is 0.151 e. The van der Waals surface area contributed by atoms with Crippen molar-refractivity contribution in [3.05, 3.63) is 65.6 Å². The summed E-state index contributed by atoms with van der Waals surface area (Å²) in [6.45, 7) is 2.16. The third-order valence-corrected chi connectivity index (χ3v) is 3.74. The van der Waals surface area contributed by atoms with Crippen molar-refractivity contribution in [2.45, 2.75) is 6.92 Å². The first-order chi connectivity index (χ1) is 13.1. The summed E-state index contributed by atoms with van der Waals surface area (Å²) in [6, 6.07) is 6.38. The average Bonchev–Trinajstić information content (AvgIpc) is 2.67. The molecule has 4 N–H and O–H groups in total. The number of dihydropyridines is 1. The lowest BCUT2D eigenvalue weighted by Crippen LogP contribution is -2.19. The fourth-order valence-electron chi connectivity index (χ4n) is 2.44. The number of nitrogens with zero attached hydrogens (tertiary/aromatic N) is 3. The van der Waals surface area contributed by atoms with Gasteiger partial charge in [-0.05, 0) is 37.3 Å². The van der Waals surface area contributed by atoms with E-state index < -0.39 is 5.82 Å². The van der Waals surface area contributed by atoms with E-state index in [2.05, 4.69) is 25.6 Å². The minimum atomic E-state index is -0.442. The third kappa shape index (κ3) is 4.42. The number of aliphatic hydroxyl groups excluding tert-OH is 1. The molecule has 0 saturated carbocycles. The van der Waals surface area contributed by atoms with Gasteiger partial charge in [0.1, 0.15) is 17.1 Å². The van der Waals surface area contributed by atoms with Crippen LogP contribution in [0.2, 0.25) is 0 Å². The Balaban J connectivity index is 1.81. The molecule has 3 heterocycles. The van der Waals surface area contributed by atoms with E-state index >= 15 is 0 Å². The quantitative estimate of drug-likeness (QED) is 0.588. The highest BCUT2D eigenvalue weighted by Gasteiger charge is 2.15. The van der Waals surface area contributed by atoms with Crippen molar-refractivity contribution in [1.29, 1.82) is 5.41 Å². The highest BCUT2D eigenvalue weighted by Crippen LogP contribution is 2.23. The van der Waals surface area contributed by atoms with E-state index in [1.54, 1.807) is 49.8 Å². The fourth-order valence-corrected chi connectivity index (χ4v) is 2.44. The maximum Gasteiger partial charge on any atom is 0.151 e. The minimum absolute atomic E-state index is 0.00881. The van der Waals surface area contributed by atoms with Gasteiger partial charge in [0, 0.05) is 36.5 Å². The van der Waals surface area contributed by atoms with Crippen LogP contribution in [0.15, 0.2) is 59.1 Å². The summed E-state index contributed by atoms with van der Waals surface area (Å²) in [5.74, 6) is -0.442. The molecule has 2 aromatic rings. The van der Waals surface area contributed by atoms with Crippen molar-refractivity contribution in [2.24, 2.45) is 4.99 Å². The Kier molecular flexibility index (Phi) is 5.68. The number of halogens is 1. The van der Waals surface area contributed by atoms with Crippen molar-refractivity contribution in [2.75, 3.05) is 18.5 Å². The van der Waals surface area contributed by atoms with Crippen molar-refractivity contribution in [3.8, 4) is 11.4 Å². The summed E-state index contributed by atoms with van der Waals surface area (Å²) in [5, 5.41) is 23.1. The Morgan fingerprint density at radius 2 is 2.15 bits per heavy atom. The molecule has 0 aromatic carbocycles. The number of aryl methyl sites for hydroxylation is 1. The first-order valence-electron chi connectivity index (χ1n) is 8.33. The summed E-state index contributed by atoms with van der Waals surface area (Å²) >= 11 is 0. The van der Waals surface area contributed by atoms with Crippen molar-refractivity contribution in [1.82, 2.24) is 15.3 Å². The molecule has 0 spiro atoms. The van der Waals surface area contributed by atoms with Crippen LogP contribution in [0, 0.1) is 18.2 Å². The number of anilines is 1. The standard InChI is InChI=1S/C19H19FN6O/c1-12-2-3-14(20)19(25-12)16-10-13(4-6-23-16)26-15-5-7-24-17(18(15)21)11-22-8-9-27/h2-7,10-11,21-22,27H,8-9H2,1H3,(H,23,26)/b17-11+,21-18?. The van der Waals surface area contributed by atoms with Crippen LogP contribution >= 0.6 is 0 Å². The molecule has 8 heteroatoms. The molecule has 3 rings (SSSR count). The summed E-state index contributed by atoms with van der Waals surface area (Å²) in [7, 11) is 0. The van der Waals surface area contributed by atoms with Crippen LogP contribution in [-0.2, 0) is 0 Å². The number of hydrogen-bond acceptors (Lipinski definition) is 7. The van der Waals surface area contributed by atoms with Crippen molar-refractivity contribution < 1.29 is 9.50 Å². The van der Waals surface area contributed by atoms with Gasteiger partial charge in [0.05, 0.1) is 18.0 Å². The van der Waals surface area contributed by atoms with Crippen LogP contribution in [0.5, 0.6) is 0 Å². The first kappa shape index (κ1) is 18.4. The molecule has 0 radical (unpaired) electrons. The monoisotopic (exact) mass is 366 g/mol. The molecule has 1 aliphatic heterocycles. The summed E-state index contributed by atoms with van der Waals surface area (Å²) in [4.78, 5) is 12.6. The molecule has 27 heavy (non-hydrogen) atoms. The lowest BCUT2D eigenvalue weighted by atomic mass is 10.1. The van der Waals surface area contributed by atoms with Gasteiger partial charge in [-0.1, -0.05) is 0 Å². The Hall–Kier alpha value is -3.39. The van der Waals surface area contributed by atoms with Gasteiger partial charge in [-0.25, -0.2) is 9.37 Å². The molecule has 0 atom stereocenters. The van der Waals surface area contributed by atoms with Crippen LogP contribution < -0.4 is 10.6 Å². The normalized spacial score (nSPS) is 15.0. The number of nitrogens with one attached hydrogen (secondary N) is 3. The summed E-state index contributed by atoms with van der Waals surface area (Å²) in [6.07, 6.45) is 6.39. The van der Waals surface area contributed by atoms with Crippen molar-refractivity contribution >= 4 is 17.6 Å². The molecule has 2 aromatic heterocycles. The molecular weight excluding hydrogens is 347 g/mol. The molecule has 0 saturated heterocycles. The largest absolute Gasteiger partial charge is 0.395 e. The van der Waals surface area contributed by atoms with Crippen LogP contribution in [0.1, 0.15) is 5.69 Å². The highest BCUT2D eigenvalue weighted by atomic mass is 19.1. The van der Waals surface area contributed by atoms with E-state index in [0.29, 0.717) is 35.0 Å². The van der Waals surface area contributed by atoms with Crippen LogP contribution in [-0.4, -0.2) is 40.2 Å². The number of pyridine rings is 2. The van der Waals surface area contributed by atoms with E-state index in [-0.39, 0.29) is 18.0 Å². The summed E-state index contributed by atoms with van der Waals surface area (Å²) in [5.41, 5.74) is 3.11. The van der Waals surface area contributed by atoms with Gasteiger partial charge >= 0.3 is 0 Å². The molecule has 0 fully saturated rings. The van der Waals surface area contributed by atoms with Crippen LogP contribution in [0.3, 0.4) is 0 Å².